The van der Waals surface area contributed by atoms with Crippen molar-refractivity contribution in [3.8, 4) is 17.6 Å². The molecule has 1 aliphatic carbocycles. The van der Waals surface area contributed by atoms with Crippen LogP contribution in [-0.2, 0) is 0 Å². The minimum atomic E-state index is -0.301. The molecule has 192 valence electrons. The Hall–Kier alpha value is -3.28. The molecule has 2 aromatic rings. The predicted octanol–water partition coefficient (Wildman–Crippen LogP) is 3.15. The summed E-state index contributed by atoms with van der Waals surface area (Å²) >= 11 is 0. The first-order chi connectivity index (χ1) is 17.2. The van der Waals surface area contributed by atoms with Crippen molar-refractivity contribution in [2.45, 2.75) is 45.9 Å². The SMILES string of the molecule is COc1cc(OC2C(C)(C)C(NC(=O)c3ccc(NCCNC4CNC4)cc3)C2(C)C)ccc1C#N. The van der Waals surface area contributed by atoms with Crippen LogP contribution in [-0.4, -0.2) is 57.4 Å². The highest BCUT2D eigenvalue weighted by Gasteiger charge is 2.64. The first kappa shape index (κ1) is 25.8. The molecule has 4 rings (SSSR count). The number of nitrogens with zero attached hydrogens (tertiary/aromatic N) is 1. The average molecular weight is 492 g/mol. The van der Waals surface area contributed by atoms with Gasteiger partial charge in [-0.15, -0.1) is 0 Å². The summed E-state index contributed by atoms with van der Waals surface area (Å²) in [5.41, 5.74) is 1.49. The van der Waals surface area contributed by atoms with Gasteiger partial charge < -0.3 is 30.7 Å². The average Bonchev–Trinajstić information content (AvgIpc) is 2.84. The van der Waals surface area contributed by atoms with Crippen LogP contribution in [0.25, 0.3) is 0 Å². The van der Waals surface area contributed by atoms with Gasteiger partial charge in [-0.05, 0) is 36.4 Å². The molecule has 4 N–H and O–H groups in total. The van der Waals surface area contributed by atoms with Gasteiger partial charge in [-0.25, -0.2) is 0 Å². The summed E-state index contributed by atoms with van der Waals surface area (Å²) in [7, 11) is 1.54. The van der Waals surface area contributed by atoms with E-state index in [4.69, 9.17) is 9.47 Å². The smallest absolute Gasteiger partial charge is 0.251 e. The third-order valence-electron chi connectivity index (χ3n) is 7.48. The lowest BCUT2D eigenvalue weighted by Crippen LogP contribution is -2.74. The maximum atomic E-state index is 13.1. The minimum Gasteiger partial charge on any atom is -0.495 e. The largest absolute Gasteiger partial charge is 0.495 e. The number of hydrogen-bond acceptors (Lipinski definition) is 7. The maximum absolute atomic E-state index is 13.1. The highest BCUT2D eigenvalue weighted by Crippen LogP contribution is 2.55. The standard InChI is InChI=1S/C28H37N5O3/c1-27(2)25(28(3,4)26(27)36-22-11-8-19(15-29)23(14-22)35-5)33-24(34)18-6-9-20(10-7-18)31-12-13-32-21-16-30-17-21/h6-11,14,21,25-26,30-32H,12-13,16-17H2,1-5H3,(H,33,34). The van der Waals surface area contributed by atoms with E-state index in [-0.39, 0.29) is 28.9 Å². The minimum absolute atomic E-state index is 0.0763. The summed E-state index contributed by atoms with van der Waals surface area (Å²) in [5, 5.41) is 22.6. The Morgan fingerprint density at radius 2 is 1.78 bits per heavy atom. The zero-order valence-electron chi connectivity index (χ0n) is 21.8. The monoisotopic (exact) mass is 491 g/mol. The van der Waals surface area contributed by atoms with E-state index in [1.807, 2.05) is 24.3 Å². The predicted molar refractivity (Wildman–Crippen MR) is 141 cm³/mol. The number of nitrogens with one attached hydrogen (secondary N) is 4. The molecule has 1 heterocycles. The molecule has 0 atom stereocenters. The van der Waals surface area contributed by atoms with E-state index in [1.165, 1.54) is 7.11 Å². The van der Waals surface area contributed by atoms with Gasteiger partial charge in [0.1, 0.15) is 23.7 Å². The first-order valence-corrected chi connectivity index (χ1v) is 12.5. The number of benzene rings is 2. The molecule has 2 aromatic carbocycles. The highest BCUT2D eigenvalue weighted by molar-refractivity contribution is 5.95. The Balaban J connectivity index is 1.34. The van der Waals surface area contributed by atoms with Gasteiger partial charge in [0, 0.05) is 66.4 Å². The summed E-state index contributed by atoms with van der Waals surface area (Å²) in [4.78, 5) is 13.1. The van der Waals surface area contributed by atoms with Gasteiger partial charge in [0.15, 0.2) is 0 Å². The van der Waals surface area contributed by atoms with Crippen LogP contribution in [0, 0.1) is 22.2 Å². The maximum Gasteiger partial charge on any atom is 0.251 e. The van der Waals surface area contributed by atoms with Crippen molar-refractivity contribution in [2.24, 2.45) is 10.8 Å². The van der Waals surface area contributed by atoms with Crippen LogP contribution < -0.4 is 30.7 Å². The lowest BCUT2D eigenvalue weighted by Gasteiger charge is -2.63. The van der Waals surface area contributed by atoms with Crippen molar-refractivity contribution in [3.63, 3.8) is 0 Å². The summed E-state index contributed by atoms with van der Waals surface area (Å²) in [5.74, 6) is 1.04. The second kappa shape index (κ2) is 10.4. The number of carbonyl (C=O) groups excluding carboxylic acids is 1. The summed E-state index contributed by atoms with van der Waals surface area (Å²) in [6, 6.07) is 15.5. The first-order valence-electron chi connectivity index (χ1n) is 12.5. The van der Waals surface area contributed by atoms with E-state index >= 15 is 0 Å². The Kier molecular flexibility index (Phi) is 7.43. The topological polar surface area (TPSA) is 107 Å². The Morgan fingerprint density at radius 3 is 2.36 bits per heavy atom. The quantitative estimate of drug-likeness (QED) is 0.378. The van der Waals surface area contributed by atoms with Gasteiger partial charge in [-0.2, -0.15) is 5.26 Å². The number of nitriles is 1. The van der Waals surface area contributed by atoms with Crippen molar-refractivity contribution in [3.05, 3.63) is 53.6 Å². The van der Waals surface area contributed by atoms with E-state index in [0.717, 1.165) is 31.9 Å². The second-order valence-electron chi connectivity index (χ2n) is 10.8. The molecule has 1 saturated carbocycles. The Bertz CT molecular complexity index is 1100. The fourth-order valence-corrected chi connectivity index (χ4v) is 5.64. The van der Waals surface area contributed by atoms with Crippen molar-refractivity contribution in [2.75, 3.05) is 38.6 Å². The molecule has 0 bridgehead atoms. The molecular formula is C28H37N5O3. The lowest BCUT2D eigenvalue weighted by molar-refractivity contribution is -0.164. The fourth-order valence-electron chi connectivity index (χ4n) is 5.64. The molecule has 36 heavy (non-hydrogen) atoms. The van der Waals surface area contributed by atoms with Gasteiger partial charge in [-0.3, -0.25) is 4.79 Å². The third kappa shape index (κ3) is 5.13. The van der Waals surface area contributed by atoms with E-state index in [0.29, 0.717) is 28.7 Å². The van der Waals surface area contributed by atoms with E-state index in [2.05, 4.69) is 55.0 Å². The van der Waals surface area contributed by atoms with Crippen LogP contribution in [0.15, 0.2) is 42.5 Å². The summed E-state index contributed by atoms with van der Waals surface area (Å²) in [6.45, 7) is 12.2. The normalized spacial score (nSPS) is 21.9. The van der Waals surface area contributed by atoms with Gasteiger partial charge in [0.25, 0.3) is 5.91 Å². The summed E-state index contributed by atoms with van der Waals surface area (Å²) < 4.78 is 11.7. The number of methoxy groups -OCH3 is 1. The molecule has 8 heteroatoms. The van der Waals surface area contributed by atoms with Crippen molar-refractivity contribution < 1.29 is 14.3 Å². The van der Waals surface area contributed by atoms with Crippen molar-refractivity contribution >= 4 is 11.6 Å². The molecule has 1 saturated heterocycles. The third-order valence-corrected chi connectivity index (χ3v) is 7.48. The van der Waals surface area contributed by atoms with Gasteiger partial charge in [-0.1, -0.05) is 27.7 Å². The van der Waals surface area contributed by atoms with Gasteiger partial charge in [0.2, 0.25) is 0 Å². The van der Waals surface area contributed by atoms with Crippen LogP contribution in [0.3, 0.4) is 0 Å². The molecular weight excluding hydrogens is 454 g/mol. The number of rotatable bonds is 10. The van der Waals surface area contributed by atoms with Crippen LogP contribution in [0.4, 0.5) is 5.69 Å². The van der Waals surface area contributed by atoms with Gasteiger partial charge >= 0.3 is 0 Å². The number of amides is 1. The van der Waals surface area contributed by atoms with Crippen LogP contribution in [0.2, 0.25) is 0 Å². The Labute approximate surface area is 213 Å². The number of ether oxygens (including phenoxy) is 2. The van der Waals surface area contributed by atoms with Crippen LogP contribution in [0.5, 0.6) is 11.5 Å². The number of carbonyl (C=O) groups is 1. The Morgan fingerprint density at radius 1 is 1.08 bits per heavy atom. The van der Waals surface area contributed by atoms with Crippen molar-refractivity contribution in [1.29, 1.82) is 5.26 Å². The van der Waals surface area contributed by atoms with E-state index < -0.39 is 0 Å². The van der Waals surface area contributed by atoms with E-state index in [1.54, 1.807) is 18.2 Å². The second-order valence-corrected chi connectivity index (χ2v) is 10.8. The summed E-state index contributed by atoms with van der Waals surface area (Å²) in [6.07, 6.45) is -0.135. The zero-order chi connectivity index (χ0) is 25.9. The van der Waals surface area contributed by atoms with E-state index in [9.17, 15) is 10.1 Å². The molecule has 1 amide bonds. The van der Waals surface area contributed by atoms with Crippen molar-refractivity contribution in [1.82, 2.24) is 16.0 Å². The fraction of sp³-hybridized carbons (Fsp3) is 0.500. The highest BCUT2D eigenvalue weighted by atomic mass is 16.5. The zero-order valence-corrected chi connectivity index (χ0v) is 21.8. The molecule has 0 spiro atoms. The molecule has 8 nitrogen and oxygen atoms in total. The molecule has 0 aromatic heterocycles. The molecule has 0 unspecified atom stereocenters. The molecule has 2 aliphatic rings. The van der Waals surface area contributed by atoms with Gasteiger partial charge in [0.05, 0.1) is 12.7 Å². The number of hydrogen-bond donors (Lipinski definition) is 4. The lowest BCUT2D eigenvalue weighted by atomic mass is 9.49. The molecule has 2 fully saturated rings. The molecule has 0 radical (unpaired) electrons. The molecule has 1 aliphatic heterocycles. The van der Waals surface area contributed by atoms with Crippen LogP contribution >= 0.6 is 0 Å². The number of anilines is 1. The van der Waals surface area contributed by atoms with Crippen LogP contribution in [0.1, 0.15) is 43.6 Å².